The predicted octanol–water partition coefficient (Wildman–Crippen LogP) is 2.90. The molecule has 0 radical (unpaired) electrons. The summed E-state index contributed by atoms with van der Waals surface area (Å²) in [5.74, 6) is 1.81. The summed E-state index contributed by atoms with van der Waals surface area (Å²) in [7, 11) is 0. The van der Waals surface area contributed by atoms with Crippen LogP contribution in [0.1, 0.15) is 24.8 Å². The van der Waals surface area contributed by atoms with Gasteiger partial charge in [0, 0.05) is 37.7 Å². The Balaban J connectivity index is 1.31. The van der Waals surface area contributed by atoms with Crippen LogP contribution in [0.4, 0.5) is 10.2 Å². The number of aromatic nitrogens is 2. The maximum absolute atomic E-state index is 13.0. The van der Waals surface area contributed by atoms with Gasteiger partial charge in [-0.25, -0.2) is 4.39 Å². The van der Waals surface area contributed by atoms with Crippen LogP contribution in [0.2, 0.25) is 0 Å². The van der Waals surface area contributed by atoms with Crippen LogP contribution < -0.4 is 5.32 Å². The molecule has 3 atom stereocenters. The Kier molecular flexibility index (Phi) is 4.82. The number of amides is 1. The van der Waals surface area contributed by atoms with E-state index in [0.717, 1.165) is 37.3 Å². The lowest BCUT2D eigenvalue weighted by Crippen LogP contribution is -2.33. The first-order valence-electron chi connectivity index (χ1n) is 9.25. The highest BCUT2D eigenvalue weighted by atomic mass is 19.1. The van der Waals surface area contributed by atoms with Crippen LogP contribution in [-0.2, 0) is 11.2 Å². The van der Waals surface area contributed by atoms with Crippen LogP contribution >= 0.6 is 0 Å². The first-order chi connectivity index (χ1) is 12.7. The summed E-state index contributed by atoms with van der Waals surface area (Å²) < 4.78 is 13.0. The van der Waals surface area contributed by atoms with Crippen LogP contribution in [-0.4, -0.2) is 40.1 Å². The van der Waals surface area contributed by atoms with E-state index in [2.05, 4.69) is 15.5 Å². The van der Waals surface area contributed by atoms with Gasteiger partial charge in [-0.2, -0.15) is 5.10 Å². The van der Waals surface area contributed by atoms with E-state index in [1.165, 1.54) is 12.1 Å². The topological polar surface area (TPSA) is 58.1 Å². The first kappa shape index (κ1) is 16.9. The van der Waals surface area contributed by atoms with Gasteiger partial charge in [-0.15, -0.1) is 5.10 Å². The summed E-state index contributed by atoms with van der Waals surface area (Å²) in [6, 6.07) is 10.6. The summed E-state index contributed by atoms with van der Waals surface area (Å²) in [6.07, 6.45) is 5.06. The summed E-state index contributed by atoms with van der Waals surface area (Å²) in [5, 5.41) is 11.5. The molecule has 1 saturated carbocycles. The monoisotopic (exact) mass is 354 g/mol. The molecule has 0 bridgehead atoms. The zero-order chi connectivity index (χ0) is 17.9. The van der Waals surface area contributed by atoms with E-state index in [9.17, 15) is 9.18 Å². The van der Waals surface area contributed by atoms with Gasteiger partial charge in [-0.05, 0) is 55.0 Å². The van der Waals surface area contributed by atoms with Gasteiger partial charge in [-0.3, -0.25) is 4.79 Å². The van der Waals surface area contributed by atoms with Crippen LogP contribution in [0, 0.1) is 17.7 Å². The molecule has 1 aliphatic heterocycles. The van der Waals surface area contributed by atoms with Gasteiger partial charge in [0.15, 0.2) is 0 Å². The Hall–Kier alpha value is -2.50. The van der Waals surface area contributed by atoms with Gasteiger partial charge in [0.25, 0.3) is 0 Å². The number of aryl methyl sites for hydroxylation is 1. The molecule has 1 aromatic heterocycles. The number of halogens is 1. The number of hydrogen-bond donors (Lipinski definition) is 1. The second kappa shape index (κ2) is 7.40. The van der Waals surface area contributed by atoms with Crippen molar-refractivity contribution in [2.24, 2.45) is 11.8 Å². The molecule has 136 valence electrons. The third-order valence-corrected chi connectivity index (χ3v) is 5.66. The molecule has 2 heterocycles. The molecule has 26 heavy (non-hydrogen) atoms. The molecule has 6 heteroatoms. The minimum Gasteiger partial charge on any atom is -0.365 e. The molecule has 5 nitrogen and oxygen atoms in total. The Morgan fingerprint density at radius 3 is 2.81 bits per heavy atom. The second-order valence-electron chi connectivity index (χ2n) is 7.29. The van der Waals surface area contributed by atoms with E-state index in [1.807, 2.05) is 17.0 Å². The van der Waals surface area contributed by atoms with Crippen molar-refractivity contribution in [1.82, 2.24) is 15.1 Å². The average molecular weight is 354 g/mol. The van der Waals surface area contributed by atoms with Crippen molar-refractivity contribution in [3.05, 3.63) is 54.0 Å². The maximum atomic E-state index is 13.0. The zero-order valence-electron chi connectivity index (χ0n) is 14.6. The number of nitrogens with one attached hydrogen (secondary N) is 1. The standard InChI is InChI=1S/C20H23FN4O/c21-16-7-3-14(4-8-16)5-10-20(26)25-12-15-6-9-18(17(15)13-25)23-19-2-1-11-22-24-19/h1-4,7-8,11,15,17-18H,5-6,9-10,12-13H2,(H,23,24)/t15-,17+,18-/m1/s1. The van der Waals surface area contributed by atoms with Crippen LogP contribution in [0.15, 0.2) is 42.6 Å². The average Bonchev–Trinajstić information content (AvgIpc) is 3.24. The number of anilines is 1. The molecular weight excluding hydrogens is 331 g/mol. The molecule has 1 aliphatic carbocycles. The molecule has 1 aromatic carbocycles. The van der Waals surface area contributed by atoms with E-state index >= 15 is 0 Å². The maximum Gasteiger partial charge on any atom is 0.222 e. The number of carbonyl (C=O) groups is 1. The lowest BCUT2D eigenvalue weighted by Gasteiger charge is -2.22. The van der Waals surface area contributed by atoms with Crippen molar-refractivity contribution in [3.8, 4) is 0 Å². The molecule has 1 saturated heterocycles. The number of nitrogens with zero attached hydrogens (tertiary/aromatic N) is 3. The number of hydrogen-bond acceptors (Lipinski definition) is 4. The molecule has 2 aliphatic rings. The van der Waals surface area contributed by atoms with Crippen LogP contribution in [0.3, 0.4) is 0 Å². The van der Waals surface area contributed by atoms with E-state index < -0.39 is 0 Å². The Morgan fingerprint density at radius 2 is 2.04 bits per heavy atom. The molecule has 0 spiro atoms. The van der Waals surface area contributed by atoms with Crippen molar-refractivity contribution in [3.63, 3.8) is 0 Å². The van der Waals surface area contributed by atoms with Gasteiger partial charge < -0.3 is 10.2 Å². The third-order valence-electron chi connectivity index (χ3n) is 5.66. The summed E-state index contributed by atoms with van der Waals surface area (Å²) in [4.78, 5) is 14.6. The fourth-order valence-electron chi connectivity index (χ4n) is 4.28. The molecule has 4 rings (SSSR count). The Bertz CT molecular complexity index is 752. The highest BCUT2D eigenvalue weighted by Crippen LogP contribution is 2.39. The van der Waals surface area contributed by atoms with E-state index in [1.54, 1.807) is 18.3 Å². The SMILES string of the molecule is O=C(CCc1ccc(F)cc1)N1C[C@H]2CC[C@@H](Nc3cccnn3)[C@H]2C1. The highest BCUT2D eigenvalue weighted by Gasteiger charge is 2.43. The lowest BCUT2D eigenvalue weighted by atomic mass is 9.98. The fourth-order valence-corrected chi connectivity index (χ4v) is 4.28. The van der Waals surface area contributed by atoms with Crippen molar-refractivity contribution in [1.29, 1.82) is 0 Å². The molecular formula is C20H23FN4O. The summed E-state index contributed by atoms with van der Waals surface area (Å²) >= 11 is 0. The molecule has 2 aromatic rings. The van der Waals surface area contributed by atoms with E-state index in [4.69, 9.17) is 0 Å². The van der Waals surface area contributed by atoms with Crippen LogP contribution in [0.25, 0.3) is 0 Å². The highest BCUT2D eigenvalue weighted by molar-refractivity contribution is 5.76. The van der Waals surface area contributed by atoms with E-state index in [-0.39, 0.29) is 11.7 Å². The van der Waals surface area contributed by atoms with Crippen molar-refractivity contribution >= 4 is 11.7 Å². The molecule has 2 fully saturated rings. The quantitative estimate of drug-likeness (QED) is 0.897. The fraction of sp³-hybridized carbons (Fsp3) is 0.450. The second-order valence-corrected chi connectivity index (χ2v) is 7.29. The largest absolute Gasteiger partial charge is 0.365 e. The minimum absolute atomic E-state index is 0.196. The first-order valence-corrected chi connectivity index (χ1v) is 9.25. The summed E-state index contributed by atoms with van der Waals surface area (Å²) in [5.41, 5.74) is 1.00. The molecule has 0 unspecified atom stereocenters. The Labute approximate surface area is 152 Å². The molecule has 1 amide bonds. The smallest absolute Gasteiger partial charge is 0.222 e. The summed E-state index contributed by atoms with van der Waals surface area (Å²) in [6.45, 7) is 1.66. The third kappa shape index (κ3) is 3.69. The normalized spacial score (nSPS) is 24.5. The number of benzene rings is 1. The van der Waals surface area contributed by atoms with Gasteiger partial charge in [0.2, 0.25) is 5.91 Å². The lowest BCUT2D eigenvalue weighted by molar-refractivity contribution is -0.130. The molecule has 1 N–H and O–H groups in total. The number of likely N-dealkylation sites (tertiary alicyclic amines) is 1. The predicted molar refractivity (Wildman–Crippen MR) is 97.0 cm³/mol. The van der Waals surface area contributed by atoms with Gasteiger partial charge in [0.1, 0.15) is 11.6 Å². The minimum atomic E-state index is -0.242. The number of fused-ring (bicyclic) bond motifs is 1. The van der Waals surface area contributed by atoms with Crippen molar-refractivity contribution < 1.29 is 9.18 Å². The zero-order valence-corrected chi connectivity index (χ0v) is 14.6. The van der Waals surface area contributed by atoms with Gasteiger partial charge in [-0.1, -0.05) is 12.1 Å². The number of rotatable bonds is 5. The van der Waals surface area contributed by atoms with Crippen LogP contribution in [0.5, 0.6) is 0 Å². The van der Waals surface area contributed by atoms with Crippen molar-refractivity contribution in [2.45, 2.75) is 31.7 Å². The Morgan fingerprint density at radius 1 is 1.19 bits per heavy atom. The van der Waals surface area contributed by atoms with Gasteiger partial charge >= 0.3 is 0 Å². The van der Waals surface area contributed by atoms with Gasteiger partial charge in [0.05, 0.1) is 0 Å². The van der Waals surface area contributed by atoms with Crippen molar-refractivity contribution in [2.75, 3.05) is 18.4 Å². The number of carbonyl (C=O) groups excluding carboxylic acids is 1. The van der Waals surface area contributed by atoms with E-state index in [0.29, 0.717) is 30.7 Å².